The van der Waals surface area contributed by atoms with Gasteiger partial charge in [0.25, 0.3) is 0 Å². The molecule has 0 aromatic heterocycles. The van der Waals surface area contributed by atoms with E-state index >= 15 is 0 Å². The van der Waals surface area contributed by atoms with Crippen LogP contribution in [0.3, 0.4) is 0 Å². The molecule has 3 nitrogen and oxygen atoms in total. The number of aliphatic imine (C=N–C) groups is 1. The van der Waals surface area contributed by atoms with Gasteiger partial charge >= 0.3 is 29.6 Å². The number of carbonyl (C=O) groups is 1. The van der Waals surface area contributed by atoms with Gasteiger partial charge in [-0.25, -0.2) is 0 Å². The molecule has 0 amide bonds. The summed E-state index contributed by atoms with van der Waals surface area (Å²) < 4.78 is 0. The average molecular weight is 241 g/mol. The molecule has 17 heavy (non-hydrogen) atoms. The fourth-order valence-corrected chi connectivity index (χ4v) is 1.38. The van der Waals surface area contributed by atoms with E-state index in [-0.39, 0.29) is 35.5 Å². The van der Waals surface area contributed by atoms with Gasteiger partial charge in [-0.3, -0.25) is 4.99 Å². The summed E-state index contributed by atoms with van der Waals surface area (Å²) in [7, 11) is 0. The average Bonchev–Trinajstić information content (AvgIpc) is 2.25. The summed E-state index contributed by atoms with van der Waals surface area (Å²) in [5.41, 5.74) is 0.900. The van der Waals surface area contributed by atoms with Gasteiger partial charge in [0.2, 0.25) is 0 Å². The second-order valence-corrected chi connectivity index (χ2v) is 4.15. The van der Waals surface area contributed by atoms with Gasteiger partial charge in [0, 0.05) is 6.21 Å². The summed E-state index contributed by atoms with van der Waals surface area (Å²) in [6.45, 7) is 3.93. The number of hydrogen-bond acceptors (Lipinski definition) is 3. The molecule has 86 valence electrons. The van der Waals surface area contributed by atoms with Crippen molar-refractivity contribution in [3.05, 3.63) is 35.9 Å². The second-order valence-electron chi connectivity index (χ2n) is 4.15. The number of nitrogens with zero attached hydrogens (tertiary/aromatic N) is 1. The molecule has 1 rings (SSSR count). The smallest absolute Gasteiger partial charge is 0.548 e. The number of hydrogen-bond donors (Lipinski definition) is 0. The van der Waals surface area contributed by atoms with Gasteiger partial charge in [0.1, 0.15) is 0 Å². The van der Waals surface area contributed by atoms with Crippen LogP contribution in [0.1, 0.15) is 25.8 Å². The monoisotopic (exact) mass is 241 g/mol. The molecule has 0 aliphatic rings. The number of carboxylic acids is 1. The summed E-state index contributed by atoms with van der Waals surface area (Å²) in [5.74, 6) is -0.822. The number of carbonyl (C=O) groups excluding carboxylic acids is 1. The van der Waals surface area contributed by atoms with Crippen LogP contribution >= 0.6 is 0 Å². The van der Waals surface area contributed by atoms with Crippen LogP contribution in [0.5, 0.6) is 0 Å². The van der Waals surface area contributed by atoms with Crippen molar-refractivity contribution in [3.8, 4) is 0 Å². The van der Waals surface area contributed by atoms with Crippen LogP contribution in [-0.4, -0.2) is 18.2 Å². The summed E-state index contributed by atoms with van der Waals surface area (Å²) in [6.07, 6.45) is 2.09. The SMILES string of the molecule is CC(C)CC(N=Cc1ccccc1)C(=O)[O-].[Na+]. The number of carboxylic acid groups (broad SMARTS) is 1. The van der Waals surface area contributed by atoms with E-state index in [9.17, 15) is 9.90 Å². The topological polar surface area (TPSA) is 52.5 Å². The quantitative estimate of drug-likeness (QED) is 0.454. The molecule has 0 saturated heterocycles. The molecule has 4 heteroatoms. The normalized spacial score (nSPS) is 12.4. The largest absolute Gasteiger partial charge is 1.00 e. The molecular weight excluding hydrogens is 225 g/mol. The van der Waals surface area contributed by atoms with Crippen LogP contribution in [0.4, 0.5) is 0 Å². The van der Waals surface area contributed by atoms with Crippen molar-refractivity contribution in [1.82, 2.24) is 0 Å². The zero-order valence-corrected chi connectivity index (χ0v) is 12.6. The van der Waals surface area contributed by atoms with Crippen molar-refractivity contribution >= 4 is 12.2 Å². The van der Waals surface area contributed by atoms with Gasteiger partial charge in [-0.2, -0.15) is 0 Å². The van der Waals surface area contributed by atoms with Crippen molar-refractivity contribution in [1.29, 1.82) is 0 Å². The molecule has 0 fully saturated rings. The van der Waals surface area contributed by atoms with Crippen molar-refractivity contribution in [2.24, 2.45) is 10.9 Å². The fourth-order valence-electron chi connectivity index (χ4n) is 1.38. The van der Waals surface area contributed by atoms with Crippen LogP contribution in [0.25, 0.3) is 0 Å². The van der Waals surface area contributed by atoms with Gasteiger partial charge in [-0.05, 0) is 17.9 Å². The van der Waals surface area contributed by atoms with Gasteiger partial charge in [-0.15, -0.1) is 0 Å². The van der Waals surface area contributed by atoms with Gasteiger partial charge < -0.3 is 9.90 Å². The number of aliphatic carboxylic acids is 1. The molecule has 0 aliphatic carbocycles. The summed E-state index contributed by atoms with van der Waals surface area (Å²) >= 11 is 0. The first kappa shape index (κ1) is 16.4. The fraction of sp³-hybridized carbons (Fsp3) is 0.385. The van der Waals surface area contributed by atoms with Crippen molar-refractivity contribution in [2.75, 3.05) is 0 Å². The first-order valence-corrected chi connectivity index (χ1v) is 5.38. The molecular formula is C13H16NNaO2. The minimum absolute atomic E-state index is 0. The molecule has 0 saturated carbocycles. The predicted molar refractivity (Wildman–Crippen MR) is 62.3 cm³/mol. The maximum Gasteiger partial charge on any atom is 1.00 e. The third-order valence-corrected chi connectivity index (χ3v) is 2.17. The van der Waals surface area contributed by atoms with Crippen molar-refractivity contribution in [3.63, 3.8) is 0 Å². The van der Waals surface area contributed by atoms with Crippen LogP contribution in [0.15, 0.2) is 35.3 Å². The van der Waals surface area contributed by atoms with E-state index < -0.39 is 12.0 Å². The Morgan fingerprint density at radius 2 is 1.94 bits per heavy atom. The number of rotatable bonds is 5. The third-order valence-electron chi connectivity index (χ3n) is 2.17. The minimum atomic E-state index is -1.11. The van der Waals surface area contributed by atoms with E-state index in [2.05, 4.69) is 4.99 Å². The van der Waals surface area contributed by atoms with E-state index in [1.54, 1.807) is 6.21 Å². The van der Waals surface area contributed by atoms with Gasteiger partial charge in [-0.1, -0.05) is 44.2 Å². The Labute approximate surface area is 124 Å². The minimum Gasteiger partial charge on any atom is -0.548 e. The molecule has 0 aliphatic heterocycles. The van der Waals surface area contributed by atoms with Crippen LogP contribution in [0, 0.1) is 5.92 Å². The summed E-state index contributed by atoms with van der Waals surface area (Å²) in [4.78, 5) is 14.9. The van der Waals surface area contributed by atoms with E-state index in [4.69, 9.17) is 0 Å². The molecule has 1 unspecified atom stereocenters. The van der Waals surface area contributed by atoms with Crippen molar-refractivity contribution in [2.45, 2.75) is 26.3 Å². The van der Waals surface area contributed by atoms with E-state index in [0.717, 1.165) is 5.56 Å². The van der Waals surface area contributed by atoms with Crippen LogP contribution in [0.2, 0.25) is 0 Å². The van der Waals surface area contributed by atoms with E-state index in [0.29, 0.717) is 6.42 Å². The molecule has 0 radical (unpaired) electrons. The molecule has 0 heterocycles. The van der Waals surface area contributed by atoms with E-state index in [1.165, 1.54) is 0 Å². The van der Waals surface area contributed by atoms with Crippen molar-refractivity contribution < 1.29 is 39.5 Å². The maximum absolute atomic E-state index is 10.8. The van der Waals surface area contributed by atoms with E-state index in [1.807, 2.05) is 44.2 Å². The van der Waals surface area contributed by atoms with Crippen LogP contribution < -0.4 is 34.7 Å². The Morgan fingerprint density at radius 3 is 2.41 bits per heavy atom. The zero-order valence-electron chi connectivity index (χ0n) is 10.6. The Kier molecular flexibility index (Phi) is 8.13. The first-order valence-electron chi connectivity index (χ1n) is 5.38. The summed E-state index contributed by atoms with van der Waals surface area (Å²) in [5, 5.41) is 10.8. The molecule has 1 aromatic carbocycles. The third kappa shape index (κ3) is 6.61. The van der Waals surface area contributed by atoms with Crippen LogP contribution in [-0.2, 0) is 4.79 Å². The summed E-state index contributed by atoms with van der Waals surface area (Å²) in [6, 6.07) is 8.69. The molecule has 1 aromatic rings. The Bertz CT molecular complexity index is 363. The zero-order chi connectivity index (χ0) is 12.0. The Hall–Kier alpha value is -0.640. The maximum atomic E-state index is 10.8. The molecule has 0 spiro atoms. The predicted octanol–water partition coefficient (Wildman–Crippen LogP) is -1.73. The second kappa shape index (κ2) is 8.45. The Morgan fingerprint density at radius 1 is 1.35 bits per heavy atom. The van der Waals surface area contributed by atoms with Gasteiger partial charge in [0.15, 0.2) is 0 Å². The molecule has 0 bridgehead atoms. The molecule has 1 atom stereocenters. The Balaban J connectivity index is 0.00000256. The number of benzene rings is 1. The molecule has 0 N–H and O–H groups in total. The standard InChI is InChI=1S/C13H17NO2.Na/c1-10(2)8-12(13(15)16)14-9-11-6-4-3-5-7-11;/h3-7,9-10,12H,8H2,1-2H3,(H,15,16);/q;+1/p-1. The first-order chi connectivity index (χ1) is 7.59. The van der Waals surface area contributed by atoms with Gasteiger partial charge in [0.05, 0.1) is 12.0 Å².